The number of hydrogen-bond acceptors (Lipinski definition) is 6. The predicted octanol–water partition coefficient (Wildman–Crippen LogP) is 9.54. The van der Waals surface area contributed by atoms with Crippen molar-refractivity contribution in [1.82, 2.24) is 0 Å². The van der Waals surface area contributed by atoms with Gasteiger partial charge in [-0.15, -0.1) is 0 Å². The zero-order valence-corrected chi connectivity index (χ0v) is 33.1. The largest absolute Gasteiger partial charge is 0.490 e. The van der Waals surface area contributed by atoms with Crippen molar-refractivity contribution < 1.29 is 19.7 Å². The van der Waals surface area contributed by atoms with E-state index < -0.39 is 12.2 Å². The van der Waals surface area contributed by atoms with E-state index in [1.165, 1.54) is 22.3 Å². The molecule has 0 spiro atoms. The highest BCUT2D eigenvalue weighted by Crippen LogP contribution is 2.39. The van der Waals surface area contributed by atoms with E-state index in [0.29, 0.717) is 13.1 Å². The molecule has 0 bridgehead atoms. The molecule has 0 aromatic heterocycles. The van der Waals surface area contributed by atoms with Gasteiger partial charge in [0.05, 0.1) is 0 Å². The van der Waals surface area contributed by atoms with Gasteiger partial charge in [0.25, 0.3) is 0 Å². The lowest BCUT2D eigenvalue weighted by molar-refractivity contribution is 0.116. The van der Waals surface area contributed by atoms with Crippen molar-refractivity contribution in [3.05, 3.63) is 117 Å². The predicted molar refractivity (Wildman–Crippen MR) is 214 cm³/mol. The highest BCUT2D eigenvalue weighted by molar-refractivity contribution is 5.52. The van der Waals surface area contributed by atoms with E-state index in [4.69, 9.17) is 9.47 Å². The van der Waals surface area contributed by atoms with Gasteiger partial charge in [-0.05, 0) is 107 Å². The molecule has 0 fully saturated rings. The zero-order valence-electron chi connectivity index (χ0n) is 33.1. The first-order chi connectivity index (χ1) is 23.8. The van der Waals surface area contributed by atoms with Gasteiger partial charge in [0.1, 0.15) is 36.9 Å². The van der Waals surface area contributed by atoms with Gasteiger partial charge < -0.3 is 30.3 Å². The summed E-state index contributed by atoms with van der Waals surface area (Å²) in [5, 5.41) is 28.1. The van der Waals surface area contributed by atoms with Crippen molar-refractivity contribution in [2.24, 2.45) is 0 Å². The molecule has 0 aliphatic rings. The van der Waals surface area contributed by atoms with Crippen LogP contribution in [0, 0.1) is 27.7 Å². The molecule has 4 rings (SSSR count). The van der Waals surface area contributed by atoms with E-state index in [-0.39, 0.29) is 29.5 Å². The topological polar surface area (TPSA) is 83.0 Å². The summed E-state index contributed by atoms with van der Waals surface area (Å²) in [5.74, 6) is 1.63. The minimum absolute atomic E-state index is 0.105. The first-order valence-electron chi connectivity index (χ1n) is 18.3. The number of rotatable bonds is 14. The maximum Gasteiger partial charge on any atom is 0.125 e. The summed E-state index contributed by atoms with van der Waals surface area (Å²) in [6.45, 7) is 27.2. The number of ether oxygens (including phenoxy) is 2. The van der Waals surface area contributed by atoms with Crippen LogP contribution in [-0.2, 0) is 16.2 Å². The summed E-state index contributed by atoms with van der Waals surface area (Å²) in [5.41, 5.74) is 11.0. The molecule has 4 N–H and O–H groups in total. The number of hydrogen-bond donors (Lipinski definition) is 4. The van der Waals surface area contributed by atoms with Gasteiger partial charge in [0, 0.05) is 29.9 Å². The summed E-state index contributed by atoms with van der Waals surface area (Å²) in [4.78, 5) is 0. The number of nitrogens with one attached hydrogen (secondary N) is 2. The van der Waals surface area contributed by atoms with Crippen LogP contribution in [0.1, 0.15) is 99.9 Å². The van der Waals surface area contributed by atoms with Crippen molar-refractivity contribution in [3.8, 4) is 11.5 Å². The molecule has 6 nitrogen and oxygen atoms in total. The molecule has 0 radical (unpaired) electrons. The van der Waals surface area contributed by atoms with Gasteiger partial charge in [-0.25, -0.2) is 0 Å². The number of aryl methyl sites for hydroxylation is 4. The van der Waals surface area contributed by atoms with Crippen LogP contribution in [0.3, 0.4) is 0 Å². The molecular formula is C45H62N2O4. The van der Waals surface area contributed by atoms with Crippen LogP contribution in [0.2, 0.25) is 0 Å². The third-order valence-electron chi connectivity index (χ3n) is 9.79. The molecule has 0 aliphatic carbocycles. The summed E-state index contributed by atoms with van der Waals surface area (Å²) < 4.78 is 12.4. The fourth-order valence-electron chi connectivity index (χ4n) is 6.37. The Balaban J connectivity index is 1.34. The Hall–Kier alpha value is -4.00. The van der Waals surface area contributed by atoms with Crippen molar-refractivity contribution in [2.75, 3.05) is 36.9 Å². The Kier molecular flexibility index (Phi) is 12.6. The van der Waals surface area contributed by atoms with Crippen LogP contribution in [0.4, 0.5) is 11.4 Å². The van der Waals surface area contributed by atoms with Gasteiger partial charge >= 0.3 is 0 Å². The maximum absolute atomic E-state index is 10.7. The highest BCUT2D eigenvalue weighted by Gasteiger charge is 2.27. The maximum atomic E-state index is 10.7. The van der Waals surface area contributed by atoms with Gasteiger partial charge in [-0.1, -0.05) is 104 Å². The van der Waals surface area contributed by atoms with Crippen LogP contribution in [0.25, 0.3) is 0 Å². The monoisotopic (exact) mass is 694 g/mol. The lowest BCUT2D eigenvalue weighted by Crippen LogP contribution is -2.27. The fraction of sp³-hybridized carbons (Fsp3) is 0.467. The van der Waals surface area contributed by atoms with E-state index in [1.54, 1.807) is 0 Å². The van der Waals surface area contributed by atoms with E-state index in [9.17, 15) is 10.2 Å². The van der Waals surface area contributed by atoms with Crippen LogP contribution in [-0.4, -0.2) is 48.7 Å². The van der Waals surface area contributed by atoms with Crippen LogP contribution < -0.4 is 20.1 Å². The third-order valence-corrected chi connectivity index (χ3v) is 9.79. The second kappa shape index (κ2) is 16.1. The second-order valence-electron chi connectivity index (χ2n) is 16.8. The van der Waals surface area contributed by atoms with E-state index >= 15 is 0 Å². The van der Waals surface area contributed by atoms with E-state index in [2.05, 4.69) is 167 Å². The number of benzene rings is 4. The average molecular weight is 695 g/mol. The molecule has 4 aromatic rings. The fourth-order valence-corrected chi connectivity index (χ4v) is 6.37. The zero-order chi connectivity index (χ0) is 37.7. The number of anilines is 2. The van der Waals surface area contributed by atoms with Crippen molar-refractivity contribution in [3.63, 3.8) is 0 Å². The molecular weight excluding hydrogens is 633 g/mol. The third kappa shape index (κ3) is 10.5. The normalized spacial score (nSPS) is 13.5. The van der Waals surface area contributed by atoms with Gasteiger partial charge in [-0.2, -0.15) is 0 Å². The highest BCUT2D eigenvalue weighted by atomic mass is 16.5. The minimum Gasteiger partial charge on any atom is -0.490 e. The molecule has 0 aliphatic heterocycles. The Labute approximate surface area is 307 Å². The van der Waals surface area contributed by atoms with Crippen LogP contribution in [0.15, 0.2) is 72.8 Å². The van der Waals surface area contributed by atoms with Crippen molar-refractivity contribution >= 4 is 11.4 Å². The first kappa shape index (κ1) is 39.8. The van der Waals surface area contributed by atoms with Crippen molar-refractivity contribution in [2.45, 2.75) is 112 Å². The SMILES string of the molecule is Cc1cc(C(C)(C)c2cc(C)c(OCC(O)CNc3ccc(C(C)(C)C)cc3)c(C)c2)cc(C)c1OCC(O)CNc1ccc(C(C)(C)C)cc1. The van der Waals surface area contributed by atoms with Gasteiger partial charge in [0.2, 0.25) is 0 Å². The first-order valence-corrected chi connectivity index (χ1v) is 18.3. The Bertz CT molecular complexity index is 1570. The summed E-state index contributed by atoms with van der Waals surface area (Å²) in [6.07, 6.45) is -1.31. The van der Waals surface area contributed by atoms with Gasteiger partial charge in [-0.3, -0.25) is 0 Å². The number of aliphatic hydroxyl groups is 2. The average Bonchev–Trinajstić information content (AvgIpc) is 3.05. The molecule has 0 heterocycles. The van der Waals surface area contributed by atoms with Crippen LogP contribution >= 0.6 is 0 Å². The summed E-state index contributed by atoms with van der Waals surface area (Å²) in [7, 11) is 0. The molecule has 0 amide bonds. The summed E-state index contributed by atoms with van der Waals surface area (Å²) in [6, 6.07) is 25.5. The van der Waals surface area contributed by atoms with E-state index in [0.717, 1.165) is 45.1 Å². The lowest BCUT2D eigenvalue weighted by atomic mass is 9.76. The second-order valence-corrected chi connectivity index (χ2v) is 16.8. The van der Waals surface area contributed by atoms with Crippen molar-refractivity contribution in [1.29, 1.82) is 0 Å². The summed E-state index contributed by atoms with van der Waals surface area (Å²) >= 11 is 0. The van der Waals surface area contributed by atoms with Gasteiger partial charge in [0.15, 0.2) is 0 Å². The quantitative estimate of drug-likeness (QED) is 0.105. The molecule has 2 unspecified atom stereocenters. The molecule has 0 saturated carbocycles. The molecule has 276 valence electrons. The lowest BCUT2D eigenvalue weighted by Gasteiger charge is -2.29. The molecule has 0 saturated heterocycles. The standard InChI is InChI=1S/C45H62N2O4/c1-29-21-35(22-30(2)41(29)50-27-39(48)25-46-37-17-13-33(14-18-37)43(5,6)7)45(11,12)36-23-31(3)42(32(4)24-36)51-28-40(49)26-47-38-19-15-34(16-20-38)44(8,9)10/h13-24,39-40,46-49H,25-28H2,1-12H3. The Morgan fingerprint density at radius 3 is 1.06 bits per heavy atom. The van der Waals surface area contributed by atoms with Crippen LogP contribution in [0.5, 0.6) is 11.5 Å². The minimum atomic E-state index is -0.656. The smallest absolute Gasteiger partial charge is 0.125 e. The Morgan fingerprint density at radius 1 is 0.490 bits per heavy atom. The molecule has 6 heteroatoms. The Morgan fingerprint density at radius 2 is 0.784 bits per heavy atom. The molecule has 2 atom stereocenters. The molecule has 51 heavy (non-hydrogen) atoms. The number of aliphatic hydroxyl groups excluding tert-OH is 2. The molecule has 4 aromatic carbocycles. The van der Waals surface area contributed by atoms with E-state index in [1.807, 2.05) is 0 Å².